The average molecular weight is 455 g/mol. The Bertz CT molecular complexity index is 1020. The zero-order valence-corrected chi connectivity index (χ0v) is 19.6. The number of carbonyl (C=O) groups excluding carboxylic acids is 3. The van der Waals surface area contributed by atoms with Gasteiger partial charge in [0, 0.05) is 11.8 Å². The molecule has 33 heavy (non-hydrogen) atoms. The minimum atomic E-state index is -0.687. The first-order chi connectivity index (χ1) is 15.7. The number of methoxy groups -OCH3 is 1. The van der Waals surface area contributed by atoms with Gasteiger partial charge in [-0.15, -0.1) is 0 Å². The second kappa shape index (κ2) is 12.3. The second-order valence-corrected chi connectivity index (χ2v) is 7.38. The van der Waals surface area contributed by atoms with Crippen LogP contribution in [-0.2, 0) is 19.1 Å². The molecule has 0 heterocycles. The van der Waals surface area contributed by atoms with Gasteiger partial charge in [0.15, 0.2) is 18.1 Å². The van der Waals surface area contributed by atoms with Gasteiger partial charge < -0.3 is 24.8 Å². The van der Waals surface area contributed by atoms with E-state index in [1.165, 1.54) is 19.3 Å². The molecule has 176 valence electrons. The van der Waals surface area contributed by atoms with Gasteiger partial charge in [0.05, 0.1) is 20.3 Å². The number of rotatable bonds is 10. The summed E-state index contributed by atoms with van der Waals surface area (Å²) in [6, 6.07) is 9.16. The van der Waals surface area contributed by atoms with Gasteiger partial charge in [0.1, 0.15) is 0 Å². The molecule has 0 aliphatic carbocycles. The Morgan fingerprint density at radius 3 is 2.30 bits per heavy atom. The Morgan fingerprint density at radius 2 is 1.67 bits per heavy atom. The summed E-state index contributed by atoms with van der Waals surface area (Å²) in [4.78, 5) is 36.0. The fourth-order valence-electron chi connectivity index (χ4n) is 3.20. The van der Waals surface area contributed by atoms with Crippen LogP contribution in [0, 0.1) is 20.8 Å². The van der Waals surface area contributed by atoms with Gasteiger partial charge in [-0.1, -0.05) is 23.8 Å². The van der Waals surface area contributed by atoms with E-state index in [0.717, 1.165) is 22.4 Å². The summed E-state index contributed by atoms with van der Waals surface area (Å²) < 4.78 is 15.6. The van der Waals surface area contributed by atoms with Crippen LogP contribution in [0.4, 0.5) is 5.69 Å². The molecule has 8 heteroatoms. The molecule has 0 aromatic heterocycles. The van der Waals surface area contributed by atoms with Gasteiger partial charge in [0.25, 0.3) is 5.91 Å². The molecule has 0 bridgehead atoms. The zero-order chi connectivity index (χ0) is 24.4. The van der Waals surface area contributed by atoms with Crippen molar-refractivity contribution in [2.45, 2.75) is 27.7 Å². The lowest BCUT2D eigenvalue weighted by Crippen LogP contribution is -2.35. The molecule has 0 spiro atoms. The summed E-state index contributed by atoms with van der Waals surface area (Å²) in [5.74, 6) is -0.483. The first kappa shape index (κ1) is 25.5. The van der Waals surface area contributed by atoms with E-state index in [4.69, 9.17) is 14.2 Å². The van der Waals surface area contributed by atoms with Gasteiger partial charge in [0.2, 0.25) is 5.91 Å². The third kappa shape index (κ3) is 7.99. The number of hydrogen-bond donors (Lipinski definition) is 2. The predicted octanol–water partition coefficient (Wildman–Crippen LogP) is 3.33. The number of aryl methyl sites for hydroxylation is 3. The minimum absolute atomic E-state index is 0.231. The van der Waals surface area contributed by atoms with E-state index in [1.807, 2.05) is 39.8 Å². The van der Waals surface area contributed by atoms with Crippen LogP contribution in [0.15, 0.2) is 36.4 Å². The van der Waals surface area contributed by atoms with Crippen LogP contribution in [-0.4, -0.2) is 44.7 Å². The molecule has 2 N–H and O–H groups in total. The fraction of sp³-hybridized carbons (Fsp3) is 0.320. The van der Waals surface area contributed by atoms with Gasteiger partial charge >= 0.3 is 5.97 Å². The summed E-state index contributed by atoms with van der Waals surface area (Å²) in [5, 5.41) is 5.23. The highest BCUT2D eigenvalue weighted by molar-refractivity contribution is 5.96. The number of benzene rings is 2. The van der Waals surface area contributed by atoms with Crippen LogP contribution >= 0.6 is 0 Å². The van der Waals surface area contributed by atoms with Crippen molar-refractivity contribution in [2.24, 2.45) is 0 Å². The summed E-state index contributed by atoms with van der Waals surface area (Å²) in [5.41, 5.74) is 4.42. The van der Waals surface area contributed by atoms with Crippen molar-refractivity contribution in [3.05, 3.63) is 58.7 Å². The van der Waals surface area contributed by atoms with Crippen molar-refractivity contribution < 1.29 is 28.6 Å². The molecule has 0 saturated carbocycles. The fourth-order valence-corrected chi connectivity index (χ4v) is 3.20. The van der Waals surface area contributed by atoms with Gasteiger partial charge in [-0.25, -0.2) is 4.79 Å². The lowest BCUT2D eigenvalue weighted by Gasteiger charge is -2.13. The molecule has 2 amide bonds. The Kier molecular flexibility index (Phi) is 9.47. The highest BCUT2D eigenvalue weighted by Crippen LogP contribution is 2.28. The monoisotopic (exact) mass is 454 g/mol. The van der Waals surface area contributed by atoms with Crippen LogP contribution < -0.4 is 20.1 Å². The smallest absolute Gasteiger partial charge is 0.331 e. The first-order valence-electron chi connectivity index (χ1n) is 10.5. The molecule has 0 fully saturated rings. The van der Waals surface area contributed by atoms with Crippen molar-refractivity contribution in [3.63, 3.8) is 0 Å². The topological polar surface area (TPSA) is 103 Å². The number of anilines is 1. The largest absolute Gasteiger partial charge is 0.493 e. The number of carbonyl (C=O) groups is 3. The second-order valence-electron chi connectivity index (χ2n) is 7.38. The maximum Gasteiger partial charge on any atom is 0.331 e. The van der Waals surface area contributed by atoms with Crippen molar-refractivity contribution in [2.75, 3.05) is 32.2 Å². The lowest BCUT2D eigenvalue weighted by molar-refractivity contribution is -0.143. The van der Waals surface area contributed by atoms with E-state index < -0.39 is 18.5 Å². The highest BCUT2D eigenvalue weighted by Gasteiger charge is 2.11. The molecule has 2 aromatic carbocycles. The van der Waals surface area contributed by atoms with Crippen molar-refractivity contribution in [1.29, 1.82) is 0 Å². The van der Waals surface area contributed by atoms with Crippen LogP contribution in [0.3, 0.4) is 0 Å². The standard InChI is InChI=1S/C25H30N2O6/c1-6-32-20-9-7-19(13-21(20)31-5)8-10-24(30)33-15-23(29)26-14-22(28)27-25-17(3)11-16(2)12-18(25)4/h7-13H,6,14-15H2,1-5H3,(H,26,29)(H,27,28)/b10-8+. The van der Waals surface area contributed by atoms with Gasteiger partial charge in [-0.3, -0.25) is 9.59 Å². The molecular weight excluding hydrogens is 424 g/mol. The Morgan fingerprint density at radius 1 is 0.970 bits per heavy atom. The summed E-state index contributed by atoms with van der Waals surface area (Å²) in [7, 11) is 1.53. The van der Waals surface area contributed by atoms with E-state index in [-0.39, 0.29) is 12.5 Å². The molecule has 0 saturated heterocycles. The maximum absolute atomic E-state index is 12.2. The summed E-state index contributed by atoms with van der Waals surface area (Å²) >= 11 is 0. The number of amides is 2. The Balaban J connectivity index is 1.79. The van der Waals surface area contributed by atoms with Crippen LogP contribution in [0.2, 0.25) is 0 Å². The third-order valence-corrected chi connectivity index (χ3v) is 4.63. The van der Waals surface area contributed by atoms with Gasteiger partial charge in [-0.2, -0.15) is 0 Å². The average Bonchev–Trinajstić information content (AvgIpc) is 2.78. The Hall–Kier alpha value is -3.81. The molecule has 0 aliphatic heterocycles. The quantitative estimate of drug-likeness (QED) is 0.422. The number of esters is 1. The zero-order valence-electron chi connectivity index (χ0n) is 19.6. The normalized spacial score (nSPS) is 10.6. The number of ether oxygens (including phenoxy) is 3. The Labute approximate surface area is 193 Å². The summed E-state index contributed by atoms with van der Waals surface area (Å²) in [6.07, 6.45) is 2.75. The molecule has 0 radical (unpaired) electrons. The van der Waals surface area contributed by atoms with Gasteiger partial charge in [-0.05, 0) is 62.6 Å². The molecule has 2 aromatic rings. The number of hydrogen-bond acceptors (Lipinski definition) is 6. The predicted molar refractivity (Wildman–Crippen MR) is 126 cm³/mol. The minimum Gasteiger partial charge on any atom is -0.493 e. The van der Waals surface area contributed by atoms with E-state index in [0.29, 0.717) is 23.7 Å². The van der Waals surface area contributed by atoms with E-state index in [1.54, 1.807) is 18.2 Å². The van der Waals surface area contributed by atoms with E-state index >= 15 is 0 Å². The SMILES string of the molecule is CCOc1ccc(/C=C/C(=O)OCC(=O)NCC(=O)Nc2c(C)cc(C)cc2C)cc1OC. The maximum atomic E-state index is 12.2. The molecule has 0 unspecified atom stereocenters. The summed E-state index contributed by atoms with van der Waals surface area (Å²) in [6.45, 7) is 7.45. The first-order valence-corrected chi connectivity index (χ1v) is 10.5. The van der Waals surface area contributed by atoms with E-state index in [2.05, 4.69) is 10.6 Å². The lowest BCUT2D eigenvalue weighted by atomic mass is 10.1. The molecular formula is C25H30N2O6. The van der Waals surface area contributed by atoms with Crippen LogP contribution in [0.25, 0.3) is 6.08 Å². The number of nitrogens with one attached hydrogen (secondary N) is 2. The molecule has 2 rings (SSSR count). The van der Waals surface area contributed by atoms with Crippen molar-refractivity contribution >= 4 is 29.5 Å². The van der Waals surface area contributed by atoms with Crippen LogP contribution in [0.5, 0.6) is 11.5 Å². The van der Waals surface area contributed by atoms with Crippen LogP contribution in [0.1, 0.15) is 29.2 Å². The molecule has 0 aliphatic rings. The van der Waals surface area contributed by atoms with Crippen molar-refractivity contribution in [3.8, 4) is 11.5 Å². The molecule has 8 nitrogen and oxygen atoms in total. The van der Waals surface area contributed by atoms with E-state index in [9.17, 15) is 14.4 Å². The molecule has 0 atom stereocenters. The van der Waals surface area contributed by atoms with Crippen molar-refractivity contribution in [1.82, 2.24) is 5.32 Å². The highest BCUT2D eigenvalue weighted by atomic mass is 16.5. The third-order valence-electron chi connectivity index (χ3n) is 4.63.